The van der Waals surface area contributed by atoms with Crippen LogP contribution >= 0.6 is 11.6 Å². The molecule has 2 atom stereocenters. The summed E-state index contributed by atoms with van der Waals surface area (Å²) in [6, 6.07) is 3.73. The van der Waals surface area contributed by atoms with Gasteiger partial charge in [-0.1, -0.05) is 6.92 Å². The second-order valence-electron chi connectivity index (χ2n) is 5.11. The molecular formula is C13H15ClF2. The van der Waals surface area contributed by atoms with Crippen molar-refractivity contribution in [1.82, 2.24) is 0 Å². The lowest BCUT2D eigenvalue weighted by Crippen LogP contribution is -2.16. The third kappa shape index (κ3) is 2.73. The highest BCUT2D eigenvalue weighted by Crippen LogP contribution is 2.42. The van der Waals surface area contributed by atoms with Crippen LogP contribution in [0.4, 0.5) is 8.78 Å². The highest BCUT2D eigenvalue weighted by Gasteiger charge is 2.34. The molecule has 1 aromatic rings. The Hall–Kier alpha value is -0.630. The monoisotopic (exact) mass is 244 g/mol. The topological polar surface area (TPSA) is 0 Å². The van der Waals surface area contributed by atoms with Crippen molar-refractivity contribution in [3.63, 3.8) is 0 Å². The van der Waals surface area contributed by atoms with Gasteiger partial charge in [-0.25, -0.2) is 8.78 Å². The number of hydrogen-bond donors (Lipinski definition) is 0. The summed E-state index contributed by atoms with van der Waals surface area (Å²) >= 11 is 6.08. The van der Waals surface area contributed by atoms with Crippen LogP contribution in [0.2, 0.25) is 0 Å². The molecule has 16 heavy (non-hydrogen) atoms. The van der Waals surface area contributed by atoms with Crippen LogP contribution < -0.4 is 0 Å². The number of benzene rings is 1. The van der Waals surface area contributed by atoms with Gasteiger partial charge in [0, 0.05) is 11.4 Å². The van der Waals surface area contributed by atoms with Crippen molar-refractivity contribution in [3.05, 3.63) is 35.4 Å². The van der Waals surface area contributed by atoms with E-state index in [1.807, 2.05) is 0 Å². The van der Waals surface area contributed by atoms with E-state index in [0.717, 1.165) is 30.9 Å². The van der Waals surface area contributed by atoms with Gasteiger partial charge in [-0.15, -0.1) is 11.6 Å². The molecule has 0 radical (unpaired) electrons. The number of alkyl halides is 1. The van der Waals surface area contributed by atoms with Gasteiger partial charge in [-0.3, -0.25) is 0 Å². The summed E-state index contributed by atoms with van der Waals surface area (Å²) in [5, 5.41) is 0.211. The number of hydrogen-bond acceptors (Lipinski definition) is 0. The Balaban J connectivity index is 2.14. The van der Waals surface area contributed by atoms with Crippen molar-refractivity contribution in [2.45, 2.75) is 38.0 Å². The fourth-order valence-corrected chi connectivity index (χ4v) is 3.09. The Morgan fingerprint density at radius 1 is 1.31 bits per heavy atom. The quantitative estimate of drug-likeness (QED) is 0.681. The molecule has 1 saturated carbocycles. The van der Waals surface area contributed by atoms with Gasteiger partial charge >= 0.3 is 0 Å². The van der Waals surface area contributed by atoms with E-state index in [1.165, 1.54) is 12.1 Å². The summed E-state index contributed by atoms with van der Waals surface area (Å²) in [6.45, 7) is 2.14. The van der Waals surface area contributed by atoms with Gasteiger partial charge in [0.15, 0.2) is 0 Å². The molecule has 0 N–H and O–H groups in total. The third-order valence-electron chi connectivity index (χ3n) is 3.33. The lowest BCUT2D eigenvalue weighted by molar-refractivity contribution is 0.334. The van der Waals surface area contributed by atoms with Crippen LogP contribution in [0, 0.1) is 17.0 Å². The Labute approximate surface area is 99.6 Å². The summed E-state index contributed by atoms with van der Waals surface area (Å²) in [6.07, 6.45) is 3.65. The molecular weight excluding hydrogens is 230 g/mol. The van der Waals surface area contributed by atoms with E-state index < -0.39 is 11.6 Å². The van der Waals surface area contributed by atoms with Gasteiger partial charge in [0.25, 0.3) is 0 Å². The first-order chi connectivity index (χ1) is 7.47. The van der Waals surface area contributed by atoms with Gasteiger partial charge in [0.1, 0.15) is 11.6 Å². The molecule has 0 heterocycles. The second kappa shape index (κ2) is 4.33. The lowest BCUT2D eigenvalue weighted by Gasteiger charge is -2.23. The van der Waals surface area contributed by atoms with E-state index in [9.17, 15) is 8.78 Å². The zero-order valence-corrected chi connectivity index (χ0v) is 10.0. The van der Waals surface area contributed by atoms with Crippen molar-refractivity contribution in [2.75, 3.05) is 0 Å². The van der Waals surface area contributed by atoms with Crippen molar-refractivity contribution in [2.24, 2.45) is 5.41 Å². The van der Waals surface area contributed by atoms with Crippen molar-refractivity contribution < 1.29 is 8.78 Å². The summed E-state index contributed by atoms with van der Waals surface area (Å²) in [7, 11) is 0. The van der Waals surface area contributed by atoms with E-state index in [1.54, 1.807) is 0 Å². The molecule has 0 aromatic heterocycles. The average molecular weight is 245 g/mol. The van der Waals surface area contributed by atoms with E-state index in [4.69, 9.17) is 11.6 Å². The number of halogens is 3. The van der Waals surface area contributed by atoms with Crippen molar-refractivity contribution in [1.29, 1.82) is 0 Å². The minimum absolute atomic E-state index is 0.0899. The molecule has 2 rings (SSSR count). The van der Waals surface area contributed by atoms with Crippen LogP contribution in [0.5, 0.6) is 0 Å². The Morgan fingerprint density at radius 3 is 2.44 bits per heavy atom. The largest absolute Gasteiger partial charge is 0.207 e. The predicted octanol–water partition coefficient (Wildman–Crippen LogP) is 4.30. The fourth-order valence-electron chi connectivity index (χ4n) is 2.61. The predicted molar refractivity (Wildman–Crippen MR) is 61.7 cm³/mol. The molecule has 0 spiro atoms. The molecule has 0 saturated heterocycles. The minimum atomic E-state index is -0.501. The minimum Gasteiger partial charge on any atom is -0.207 e. The maximum Gasteiger partial charge on any atom is 0.126 e. The van der Waals surface area contributed by atoms with Crippen LogP contribution in [-0.4, -0.2) is 5.38 Å². The van der Waals surface area contributed by atoms with Gasteiger partial charge < -0.3 is 0 Å². The van der Waals surface area contributed by atoms with Crippen LogP contribution in [0.25, 0.3) is 0 Å². The summed E-state index contributed by atoms with van der Waals surface area (Å²) in [5.41, 5.74) is 0.817. The molecule has 2 unspecified atom stereocenters. The summed E-state index contributed by atoms with van der Waals surface area (Å²) in [4.78, 5) is 0. The third-order valence-corrected chi connectivity index (χ3v) is 3.70. The smallest absolute Gasteiger partial charge is 0.126 e. The zero-order valence-electron chi connectivity index (χ0n) is 9.27. The molecule has 0 aliphatic heterocycles. The molecule has 88 valence electrons. The Kier molecular flexibility index (Phi) is 3.20. The maximum atomic E-state index is 13.0. The van der Waals surface area contributed by atoms with E-state index >= 15 is 0 Å². The van der Waals surface area contributed by atoms with E-state index in [0.29, 0.717) is 6.42 Å². The van der Waals surface area contributed by atoms with Crippen LogP contribution in [0.15, 0.2) is 18.2 Å². The molecule has 0 bridgehead atoms. The van der Waals surface area contributed by atoms with Gasteiger partial charge in [0.2, 0.25) is 0 Å². The average Bonchev–Trinajstić information content (AvgIpc) is 2.43. The van der Waals surface area contributed by atoms with Crippen molar-refractivity contribution >= 4 is 11.6 Å². The first-order valence-corrected chi connectivity index (χ1v) is 6.00. The fraction of sp³-hybridized carbons (Fsp3) is 0.538. The maximum absolute atomic E-state index is 13.0. The molecule has 0 nitrogen and oxygen atoms in total. The van der Waals surface area contributed by atoms with Crippen LogP contribution in [0.1, 0.15) is 31.7 Å². The first kappa shape index (κ1) is 11.8. The highest BCUT2D eigenvalue weighted by atomic mass is 35.5. The number of rotatable bonds is 2. The standard InChI is InChI=1S/C13H15ClF2/c1-13(3-2-10(14)8-13)7-9-4-11(15)6-12(16)5-9/h4-6,10H,2-3,7-8H2,1H3. The van der Waals surface area contributed by atoms with Crippen LogP contribution in [-0.2, 0) is 6.42 Å². The molecule has 1 aromatic carbocycles. The molecule has 1 aliphatic carbocycles. The summed E-state index contributed by atoms with van der Waals surface area (Å²) < 4.78 is 26.1. The zero-order chi connectivity index (χ0) is 11.8. The highest BCUT2D eigenvalue weighted by molar-refractivity contribution is 6.20. The van der Waals surface area contributed by atoms with E-state index in [-0.39, 0.29) is 10.8 Å². The first-order valence-electron chi connectivity index (χ1n) is 5.56. The Bertz CT molecular complexity index is 371. The Morgan fingerprint density at radius 2 is 1.94 bits per heavy atom. The summed E-state index contributed by atoms with van der Waals surface area (Å²) in [5.74, 6) is -1.00. The van der Waals surface area contributed by atoms with E-state index in [2.05, 4.69) is 6.92 Å². The lowest BCUT2D eigenvalue weighted by atomic mass is 9.82. The normalized spacial score (nSPS) is 29.6. The molecule has 0 amide bonds. The van der Waals surface area contributed by atoms with Gasteiger partial charge in [-0.2, -0.15) is 0 Å². The molecule has 1 fully saturated rings. The SMILES string of the molecule is CC1(Cc2cc(F)cc(F)c2)CCC(Cl)C1. The van der Waals surface area contributed by atoms with Crippen molar-refractivity contribution in [3.8, 4) is 0 Å². The molecule has 1 aliphatic rings. The molecule has 3 heteroatoms. The van der Waals surface area contributed by atoms with Gasteiger partial charge in [-0.05, 0) is 48.8 Å². The second-order valence-corrected chi connectivity index (χ2v) is 5.72. The van der Waals surface area contributed by atoms with Crippen LogP contribution in [0.3, 0.4) is 0 Å². The van der Waals surface area contributed by atoms with Gasteiger partial charge in [0.05, 0.1) is 0 Å².